The van der Waals surface area contributed by atoms with Gasteiger partial charge in [0.2, 0.25) is 0 Å². The summed E-state index contributed by atoms with van der Waals surface area (Å²) in [4.78, 5) is 28.8. The summed E-state index contributed by atoms with van der Waals surface area (Å²) in [6, 6.07) is 20.3. The molecule has 3 aromatic rings. The topological polar surface area (TPSA) is 79.3 Å². The number of aliphatic carboxylic acids is 1. The molecule has 1 aromatic heterocycles. The molecular formula is C26H28N2O3. The second-order valence-corrected chi connectivity index (χ2v) is 8.72. The van der Waals surface area contributed by atoms with E-state index in [0.717, 1.165) is 16.7 Å². The quantitative estimate of drug-likeness (QED) is 0.571. The summed E-state index contributed by atoms with van der Waals surface area (Å²) < 4.78 is 0. The van der Waals surface area contributed by atoms with E-state index in [9.17, 15) is 14.7 Å². The number of rotatable bonds is 6. The van der Waals surface area contributed by atoms with Crippen molar-refractivity contribution in [1.82, 2.24) is 10.3 Å². The highest BCUT2D eigenvalue weighted by Gasteiger charge is 2.21. The number of carbonyl (C=O) groups excluding carboxylic acids is 1. The molecule has 31 heavy (non-hydrogen) atoms. The van der Waals surface area contributed by atoms with Crippen molar-refractivity contribution in [3.8, 4) is 11.3 Å². The van der Waals surface area contributed by atoms with Gasteiger partial charge in [0.15, 0.2) is 0 Å². The van der Waals surface area contributed by atoms with Crippen LogP contribution in [-0.4, -0.2) is 22.0 Å². The fourth-order valence-electron chi connectivity index (χ4n) is 3.49. The van der Waals surface area contributed by atoms with Crippen LogP contribution in [0.1, 0.15) is 60.4 Å². The molecule has 1 heterocycles. The Labute approximate surface area is 183 Å². The summed E-state index contributed by atoms with van der Waals surface area (Å²) in [5, 5.41) is 12.2. The van der Waals surface area contributed by atoms with Crippen LogP contribution in [0.4, 0.5) is 0 Å². The summed E-state index contributed by atoms with van der Waals surface area (Å²) in [5.41, 5.74) is 4.85. The van der Waals surface area contributed by atoms with Crippen LogP contribution in [0.15, 0.2) is 66.7 Å². The summed E-state index contributed by atoms with van der Waals surface area (Å²) in [7, 11) is 0. The Morgan fingerprint density at radius 3 is 2.26 bits per heavy atom. The molecule has 0 aliphatic carbocycles. The largest absolute Gasteiger partial charge is 0.481 e. The summed E-state index contributed by atoms with van der Waals surface area (Å²) >= 11 is 0. The van der Waals surface area contributed by atoms with E-state index in [1.807, 2.05) is 49.4 Å². The zero-order chi connectivity index (χ0) is 22.6. The van der Waals surface area contributed by atoms with E-state index in [4.69, 9.17) is 0 Å². The van der Waals surface area contributed by atoms with Crippen LogP contribution in [-0.2, 0) is 10.2 Å². The van der Waals surface area contributed by atoms with E-state index in [0.29, 0.717) is 5.69 Å². The summed E-state index contributed by atoms with van der Waals surface area (Å²) in [6.07, 6.45) is -0.204. The van der Waals surface area contributed by atoms with E-state index < -0.39 is 17.9 Å². The lowest BCUT2D eigenvalue weighted by atomic mass is 9.86. The SMILES string of the molecule is Cc1ccccc1[C@H](CC(=O)O)NC(=O)c1cccc(-c2ccc(C(C)(C)C)cc2)n1. The lowest BCUT2D eigenvalue weighted by Crippen LogP contribution is -2.31. The molecule has 0 fully saturated rings. The lowest BCUT2D eigenvalue weighted by molar-refractivity contribution is -0.137. The summed E-state index contributed by atoms with van der Waals surface area (Å²) in [6.45, 7) is 8.38. The first kappa shape index (κ1) is 22.2. The highest BCUT2D eigenvalue weighted by atomic mass is 16.4. The third kappa shape index (κ3) is 5.57. The minimum Gasteiger partial charge on any atom is -0.481 e. The molecular weight excluding hydrogens is 388 g/mol. The number of carboxylic acid groups (broad SMARTS) is 1. The molecule has 5 nitrogen and oxygen atoms in total. The fourth-order valence-corrected chi connectivity index (χ4v) is 3.49. The van der Waals surface area contributed by atoms with Crippen LogP contribution >= 0.6 is 0 Å². The first-order valence-corrected chi connectivity index (χ1v) is 10.3. The number of nitrogens with one attached hydrogen (secondary N) is 1. The second kappa shape index (κ2) is 9.13. The fraction of sp³-hybridized carbons (Fsp3) is 0.269. The van der Waals surface area contributed by atoms with Crippen molar-refractivity contribution in [3.63, 3.8) is 0 Å². The number of carbonyl (C=O) groups is 2. The molecule has 0 unspecified atom stereocenters. The molecule has 0 aliphatic heterocycles. The molecule has 0 bridgehead atoms. The first-order valence-electron chi connectivity index (χ1n) is 10.3. The van der Waals surface area contributed by atoms with Crippen molar-refractivity contribution in [2.75, 3.05) is 0 Å². The Bertz CT molecular complexity index is 1080. The number of hydrogen-bond acceptors (Lipinski definition) is 3. The maximum absolute atomic E-state index is 12.9. The van der Waals surface area contributed by atoms with Gasteiger partial charge in [-0.05, 0) is 41.2 Å². The Morgan fingerprint density at radius 2 is 1.65 bits per heavy atom. The highest BCUT2D eigenvalue weighted by molar-refractivity contribution is 5.93. The van der Waals surface area contributed by atoms with E-state index >= 15 is 0 Å². The third-order valence-corrected chi connectivity index (χ3v) is 5.28. The Kier molecular flexibility index (Phi) is 6.54. The van der Waals surface area contributed by atoms with Gasteiger partial charge in [-0.2, -0.15) is 0 Å². The van der Waals surface area contributed by atoms with Crippen molar-refractivity contribution >= 4 is 11.9 Å². The molecule has 2 N–H and O–H groups in total. The van der Waals surface area contributed by atoms with Gasteiger partial charge in [0.1, 0.15) is 5.69 Å². The van der Waals surface area contributed by atoms with E-state index in [1.54, 1.807) is 12.1 Å². The van der Waals surface area contributed by atoms with Crippen molar-refractivity contribution < 1.29 is 14.7 Å². The second-order valence-electron chi connectivity index (χ2n) is 8.72. The number of aromatic nitrogens is 1. The normalized spacial score (nSPS) is 12.3. The van der Waals surface area contributed by atoms with Gasteiger partial charge < -0.3 is 10.4 Å². The molecule has 2 aromatic carbocycles. The zero-order valence-corrected chi connectivity index (χ0v) is 18.3. The van der Waals surface area contributed by atoms with Crippen LogP contribution < -0.4 is 5.32 Å². The van der Waals surface area contributed by atoms with Gasteiger partial charge in [0.05, 0.1) is 18.2 Å². The average molecular weight is 417 g/mol. The zero-order valence-electron chi connectivity index (χ0n) is 18.3. The first-order chi connectivity index (χ1) is 14.6. The minimum absolute atomic E-state index is 0.0580. The molecule has 3 rings (SSSR count). The monoisotopic (exact) mass is 416 g/mol. The number of nitrogens with zero attached hydrogens (tertiary/aromatic N) is 1. The van der Waals surface area contributed by atoms with Crippen molar-refractivity contribution in [2.45, 2.75) is 45.6 Å². The molecule has 0 saturated carbocycles. The average Bonchev–Trinajstić information content (AvgIpc) is 2.73. The van der Waals surface area contributed by atoms with Gasteiger partial charge in [-0.15, -0.1) is 0 Å². The van der Waals surface area contributed by atoms with Gasteiger partial charge in [0.25, 0.3) is 5.91 Å². The molecule has 1 amide bonds. The Balaban J connectivity index is 1.85. The van der Waals surface area contributed by atoms with Gasteiger partial charge in [-0.25, -0.2) is 4.98 Å². The van der Waals surface area contributed by atoms with Crippen LogP contribution in [0.5, 0.6) is 0 Å². The van der Waals surface area contributed by atoms with E-state index in [1.165, 1.54) is 5.56 Å². The van der Waals surface area contributed by atoms with E-state index in [-0.39, 0.29) is 17.5 Å². The van der Waals surface area contributed by atoms with Gasteiger partial charge in [0, 0.05) is 5.56 Å². The number of amides is 1. The third-order valence-electron chi connectivity index (χ3n) is 5.28. The van der Waals surface area contributed by atoms with Crippen molar-refractivity contribution in [1.29, 1.82) is 0 Å². The Morgan fingerprint density at radius 1 is 0.968 bits per heavy atom. The van der Waals surface area contributed by atoms with E-state index in [2.05, 4.69) is 43.2 Å². The molecule has 5 heteroatoms. The molecule has 1 atom stereocenters. The van der Waals surface area contributed by atoms with Crippen LogP contribution in [0, 0.1) is 6.92 Å². The number of carboxylic acids is 1. The maximum Gasteiger partial charge on any atom is 0.305 e. The molecule has 160 valence electrons. The predicted octanol–water partition coefficient (Wildman–Crippen LogP) is 5.30. The molecule has 0 radical (unpaired) electrons. The smallest absolute Gasteiger partial charge is 0.305 e. The standard InChI is InChI=1S/C26H28N2O3/c1-17-8-5-6-9-20(17)23(16-24(29)30)28-25(31)22-11-7-10-21(27-22)18-12-14-19(15-13-18)26(2,3)4/h5-15,23H,16H2,1-4H3,(H,28,31)(H,29,30)/t23-/m0/s1. The molecule has 0 spiro atoms. The molecule has 0 aliphatic rings. The molecule has 0 saturated heterocycles. The van der Waals surface area contributed by atoms with Gasteiger partial charge >= 0.3 is 5.97 Å². The summed E-state index contributed by atoms with van der Waals surface area (Å²) in [5.74, 6) is -1.38. The lowest BCUT2D eigenvalue weighted by Gasteiger charge is -2.20. The number of benzene rings is 2. The number of hydrogen-bond donors (Lipinski definition) is 2. The minimum atomic E-state index is -0.978. The van der Waals surface area contributed by atoms with Gasteiger partial charge in [-0.1, -0.05) is 75.4 Å². The van der Waals surface area contributed by atoms with Crippen molar-refractivity contribution in [3.05, 3.63) is 89.1 Å². The Hall–Kier alpha value is -3.47. The number of pyridine rings is 1. The van der Waals surface area contributed by atoms with Crippen LogP contribution in [0.3, 0.4) is 0 Å². The van der Waals surface area contributed by atoms with Crippen LogP contribution in [0.25, 0.3) is 11.3 Å². The van der Waals surface area contributed by atoms with Gasteiger partial charge in [-0.3, -0.25) is 9.59 Å². The predicted molar refractivity (Wildman–Crippen MR) is 122 cm³/mol. The number of aryl methyl sites for hydroxylation is 1. The maximum atomic E-state index is 12.9. The van der Waals surface area contributed by atoms with Crippen molar-refractivity contribution in [2.24, 2.45) is 0 Å². The van der Waals surface area contributed by atoms with Crippen LogP contribution in [0.2, 0.25) is 0 Å². The highest BCUT2D eigenvalue weighted by Crippen LogP contribution is 2.26.